The summed E-state index contributed by atoms with van der Waals surface area (Å²) in [6.07, 6.45) is 2.55. The number of hydrogen-bond acceptors (Lipinski definition) is 3. The van der Waals surface area contributed by atoms with Crippen molar-refractivity contribution in [2.24, 2.45) is 11.7 Å². The molecule has 1 aromatic carbocycles. The van der Waals surface area contributed by atoms with Crippen molar-refractivity contribution in [1.82, 2.24) is 0 Å². The van der Waals surface area contributed by atoms with E-state index >= 15 is 0 Å². The average molecular weight is 243 g/mol. The van der Waals surface area contributed by atoms with Crippen LogP contribution < -0.4 is 11.1 Å². The number of nitriles is 1. The lowest BCUT2D eigenvalue weighted by Gasteiger charge is -2.30. The zero-order valence-electron chi connectivity index (χ0n) is 10.2. The van der Waals surface area contributed by atoms with Gasteiger partial charge in [-0.15, -0.1) is 0 Å². The summed E-state index contributed by atoms with van der Waals surface area (Å²) in [5.74, 6) is -0.00331. The second kappa shape index (κ2) is 5.19. The van der Waals surface area contributed by atoms with E-state index in [0.717, 1.165) is 5.69 Å². The van der Waals surface area contributed by atoms with Crippen LogP contribution in [-0.4, -0.2) is 11.4 Å². The van der Waals surface area contributed by atoms with E-state index in [1.165, 1.54) is 0 Å². The van der Waals surface area contributed by atoms with E-state index < -0.39 is 5.54 Å². The minimum atomic E-state index is -0.733. The van der Waals surface area contributed by atoms with Gasteiger partial charge in [0.1, 0.15) is 5.54 Å². The summed E-state index contributed by atoms with van der Waals surface area (Å²) in [4.78, 5) is 12.0. The van der Waals surface area contributed by atoms with Crippen molar-refractivity contribution in [2.45, 2.75) is 31.2 Å². The van der Waals surface area contributed by atoms with Crippen LogP contribution in [-0.2, 0) is 4.79 Å². The molecule has 0 aromatic heterocycles. The number of carbonyl (C=O) groups excluding carboxylic acids is 1. The zero-order valence-corrected chi connectivity index (χ0v) is 10.2. The fourth-order valence-electron chi connectivity index (χ4n) is 2.27. The molecule has 4 nitrogen and oxygen atoms in total. The largest absolute Gasteiger partial charge is 0.326 e. The Kier molecular flexibility index (Phi) is 3.63. The molecule has 94 valence electrons. The molecule has 0 heterocycles. The highest BCUT2D eigenvalue weighted by atomic mass is 16.1. The molecule has 0 atom stereocenters. The summed E-state index contributed by atoms with van der Waals surface area (Å²) in [5, 5.41) is 11.8. The molecule has 3 N–H and O–H groups in total. The molecule has 18 heavy (non-hydrogen) atoms. The van der Waals surface area contributed by atoms with Gasteiger partial charge in [0.05, 0.1) is 6.07 Å². The predicted octanol–water partition coefficient (Wildman–Crippen LogP) is 2.04. The maximum Gasteiger partial charge on any atom is 0.227 e. The standard InChI is InChI=1S/C14H17N3O/c15-10-14(16)8-6-11(7-9-14)13(18)17-12-4-2-1-3-5-12/h1-5,11H,6-9,16H2,(H,17,18). The third-order valence-electron chi connectivity index (χ3n) is 3.51. The summed E-state index contributed by atoms with van der Waals surface area (Å²) >= 11 is 0. The Morgan fingerprint density at radius 2 is 1.94 bits per heavy atom. The number of anilines is 1. The van der Waals surface area contributed by atoms with E-state index in [1.807, 2.05) is 30.3 Å². The van der Waals surface area contributed by atoms with Crippen molar-refractivity contribution in [3.63, 3.8) is 0 Å². The van der Waals surface area contributed by atoms with E-state index in [1.54, 1.807) is 0 Å². The van der Waals surface area contributed by atoms with E-state index in [9.17, 15) is 4.79 Å². The van der Waals surface area contributed by atoms with Gasteiger partial charge in [-0.05, 0) is 37.8 Å². The number of carbonyl (C=O) groups is 1. The fraction of sp³-hybridized carbons (Fsp3) is 0.429. The molecule has 0 radical (unpaired) electrons. The minimum Gasteiger partial charge on any atom is -0.326 e. The summed E-state index contributed by atoms with van der Waals surface area (Å²) in [5.41, 5.74) is 5.96. The Labute approximate surface area is 107 Å². The SMILES string of the molecule is N#CC1(N)CCC(C(=O)Nc2ccccc2)CC1. The first-order valence-corrected chi connectivity index (χ1v) is 6.19. The number of benzene rings is 1. The van der Waals surface area contributed by atoms with Crippen molar-refractivity contribution < 1.29 is 4.79 Å². The lowest BCUT2D eigenvalue weighted by atomic mass is 9.77. The Balaban J connectivity index is 1.91. The Morgan fingerprint density at radius 3 is 2.50 bits per heavy atom. The van der Waals surface area contributed by atoms with Crippen LogP contribution in [0.2, 0.25) is 0 Å². The summed E-state index contributed by atoms with van der Waals surface area (Å²) in [6, 6.07) is 11.5. The first-order valence-electron chi connectivity index (χ1n) is 6.19. The first-order chi connectivity index (χ1) is 8.63. The van der Waals surface area contributed by atoms with Gasteiger partial charge in [0.15, 0.2) is 0 Å². The molecular weight excluding hydrogens is 226 g/mol. The maximum atomic E-state index is 12.0. The zero-order chi connectivity index (χ0) is 13.0. The van der Waals surface area contributed by atoms with Crippen molar-refractivity contribution in [1.29, 1.82) is 5.26 Å². The predicted molar refractivity (Wildman–Crippen MR) is 69.6 cm³/mol. The van der Waals surface area contributed by atoms with Crippen molar-refractivity contribution in [3.05, 3.63) is 30.3 Å². The number of rotatable bonds is 2. The Morgan fingerprint density at radius 1 is 1.33 bits per heavy atom. The van der Waals surface area contributed by atoms with Crippen LogP contribution in [0.15, 0.2) is 30.3 Å². The lowest BCUT2D eigenvalue weighted by Crippen LogP contribution is -2.43. The second-order valence-electron chi connectivity index (χ2n) is 4.90. The quantitative estimate of drug-likeness (QED) is 0.834. The molecule has 1 fully saturated rings. The highest BCUT2D eigenvalue weighted by Gasteiger charge is 2.34. The number of nitrogens with two attached hydrogens (primary N) is 1. The van der Waals surface area contributed by atoms with Gasteiger partial charge in [0.25, 0.3) is 0 Å². The second-order valence-corrected chi connectivity index (χ2v) is 4.90. The molecule has 2 rings (SSSR count). The van der Waals surface area contributed by atoms with Gasteiger partial charge in [-0.1, -0.05) is 18.2 Å². The topological polar surface area (TPSA) is 78.9 Å². The molecule has 1 saturated carbocycles. The van der Waals surface area contributed by atoms with Gasteiger partial charge in [0.2, 0.25) is 5.91 Å². The smallest absolute Gasteiger partial charge is 0.227 e. The minimum absolute atomic E-state index is 0.0289. The molecule has 0 spiro atoms. The maximum absolute atomic E-state index is 12.0. The Bertz CT molecular complexity index is 456. The molecule has 0 bridgehead atoms. The van der Waals surface area contributed by atoms with Gasteiger partial charge < -0.3 is 11.1 Å². The van der Waals surface area contributed by atoms with Gasteiger partial charge in [-0.2, -0.15) is 5.26 Å². The first kappa shape index (κ1) is 12.6. The van der Waals surface area contributed by atoms with E-state index in [-0.39, 0.29) is 11.8 Å². The van der Waals surface area contributed by atoms with Crippen molar-refractivity contribution in [3.8, 4) is 6.07 Å². The number of nitrogens with one attached hydrogen (secondary N) is 1. The summed E-state index contributed by atoms with van der Waals surface area (Å²) < 4.78 is 0. The third-order valence-corrected chi connectivity index (χ3v) is 3.51. The number of amides is 1. The van der Waals surface area contributed by atoms with E-state index in [2.05, 4.69) is 11.4 Å². The van der Waals surface area contributed by atoms with Crippen LogP contribution >= 0.6 is 0 Å². The van der Waals surface area contributed by atoms with Crippen molar-refractivity contribution in [2.75, 3.05) is 5.32 Å². The van der Waals surface area contributed by atoms with Crippen molar-refractivity contribution >= 4 is 11.6 Å². The highest BCUT2D eigenvalue weighted by molar-refractivity contribution is 5.92. The van der Waals surface area contributed by atoms with Crippen LogP contribution in [0.3, 0.4) is 0 Å². The van der Waals surface area contributed by atoms with Gasteiger partial charge in [-0.25, -0.2) is 0 Å². The van der Waals surface area contributed by atoms with E-state index in [0.29, 0.717) is 25.7 Å². The van der Waals surface area contributed by atoms with Crippen LogP contribution in [0.4, 0.5) is 5.69 Å². The average Bonchev–Trinajstić information content (AvgIpc) is 2.40. The molecule has 0 unspecified atom stereocenters. The van der Waals surface area contributed by atoms with Crippen LogP contribution in [0.25, 0.3) is 0 Å². The molecule has 1 aliphatic rings. The van der Waals surface area contributed by atoms with Crippen LogP contribution in [0.5, 0.6) is 0 Å². The highest BCUT2D eigenvalue weighted by Crippen LogP contribution is 2.30. The Hall–Kier alpha value is -1.86. The van der Waals surface area contributed by atoms with Crippen LogP contribution in [0.1, 0.15) is 25.7 Å². The third kappa shape index (κ3) is 2.88. The monoisotopic (exact) mass is 243 g/mol. The molecular formula is C14H17N3O. The normalized spacial score (nSPS) is 27.2. The molecule has 1 aromatic rings. The molecule has 1 amide bonds. The number of hydrogen-bond donors (Lipinski definition) is 2. The number of para-hydroxylation sites is 1. The summed E-state index contributed by atoms with van der Waals surface area (Å²) in [7, 11) is 0. The van der Waals surface area contributed by atoms with Gasteiger partial charge in [0, 0.05) is 11.6 Å². The summed E-state index contributed by atoms with van der Waals surface area (Å²) in [6.45, 7) is 0. The molecule has 1 aliphatic carbocycles. The number of nitrogens with zero attached hydrogens (tertiary/aromatic N) is 1. The van der Waals surface area contributed by atoms with Gasteiger partial charge >= 0.3 is 0 Å². The lowest BCUT2D eigenvalue weighted by molar-refractivity contribution is -0.120. The van der Waals surface area contributed by atoms with E-state index in [4.69, 9.17) is 11.0 Å². The molecule has 0 aliphatic heterocycles. The van der Waals surface area contributed by atoms with Gasteiger partial charge in [-0.3, -0.25) is 4.79 Å². The fourth-order valence-corrected chi connectivity index (χ4v) is 2.27. The van der Waals surface area contributed by atoms with Crippen LogP contribution in [0, 0.1) is 17.2 Å². The molecule has 4 heteroatoms. The molecule has 0 saturated heterocycles.